The predicted octanol–water partition coefficient (Wildman–Crippen LogP) is 0.530. The largest absolute Gasteiger partial charge is 0.380 e. The van der Waals surface area contributed by atoms with Crippen LogP contribution in [-0.4, -0.2) is 64.9 Å². The Labute approximate surface area is 175 Å². The third-order valence-corrected chi connectivity index (χ3v) is 7.03. The smallest absolute Gasteiger partial charge is 0.255 e. The number of nitrogens with zero attached hydrogens (tertiary/aromatic N) is 2. The van der Waals surface area contributed by atoms with Crippen LogP contribution in [0.4, 0.5) is 0 Å². The summed E-state index contributed by atoms with van der Waals surface area (Å²) < 4.78 is 5.80. The molecule has 3 fully saturated rings. The van der Waals surface area contributed by atoms with E-state index in [2.05, 4.69) is 16.3 Å². The number of imide groups is 1. The fourth-order valence-electron chi connectivity index (χ4n) is 5.59. The molecular weight excluding hydrogens is 384 g/mol. The van der Waals surface area contributed by atoms with E-state index >= 15 is 0 Å². The zero-order chi connectivity index (χ0) is 20.9. The van der Waals surface area contributed by atoms with Gasteiger partial charge in [-0.1, -0.05) is 12.1 Å². The number of carbonyl (C=O) groups excluding carboxylic acids is 3. The Morgan fingerprint density at radius 3 is 2.90 bits per heavy atom. The molecule has 3 saturated heterocycles. The van der Waals surface area contributed by atoms with Crippen molar-refractivity contribution in [1.29, 1.82) is 0 Å². The van der Waals surface area contributed by atoms with Crippen LogP contribution in [0.25, 0.3) is 0 Å². The van der Waals surface area contributed by atoms with Gasteiger partial charge in [-0.15, -0.1) is 0 Å². The van der Waals surface area contributed by atoms with E-state index in [9.17, 15) is 14.4 Å². The molecule has 3 N–H and O–H groups in total. The normalized spacial score (nSPS) is 32.0. The van der Waals surface area contributed by atoms with Crippen molar-refractivity contribution < 1.29 is 19.1 Å². The molecule has 0 radical (unpaired) electrons. The third kappa shape index (κ3) is 3.33. The molecular formula is C22H28N4O4. The van der Waals surface area contributed by atoms with Crippen molar-refractivity contribution in [2.45, 2.75) is 62.8 Å². The summed E-state index contributed by atoms with van der Waals surface area (Å²) in [6.45, 7) is 3.58. The number of benzene rings is 1. The highest BCUT2D eigenvalue weighted by Gasteiger charge is 2.45. The molecule has 0 aromatic heterocycles. The average molecular weight is 412 g/mol. The molecule has 8 heteroatoms. The molecule has 0 bridgehead atoms. The fourth-order valence-corrected chi connectivity index (χ4v) is 5.59. The number of hydrogen-bond acceptors (Lipinski definition) is 6. The number of piperidine rings is 1. The van der Waals surface area contributed by atoms with E-state index in [1.807, 2.05) is 12.1 Å². The lowest BCUT2D eigenvalue weighted by Gasteiger charge is -2.41. The Bertz CT molecular complexity index is 895. The Morgan fingerprint density at radius 2 is 2.13 bits per heavy atom. The highest BCUT2D eigenvalue weighted by atomic mass is 16.5. The molecule has 3 amide bonds. The number of amides is 3. The SMILES string of the molecule is NC1CN(Cc2ccc3c(c2)CN(C2CCC(=O)NC2=O)C3=O)C2(CCCOC2)C1. The van der Waals surface area contributed by atoms with Crippen LogP contribution >= 0.6 is 0 Å². The van der Waals surface area contributed by atoms with Crippen molar-refractivity contribution in [2.75, 3.05) is 19.8 Å². The van der Waals surface area contributed by atoms with Crippen LogP contribution in [0, 0.1) is 0 Å². The number of fused-ring (bicyclic) bond motifs is 1. The molecule has 4 aliphatic rings. The highest BCUT2D eigenvalue weighted by Crippen LogP contribution is 2.37. The Kier molecular flexibility index (Phi) is 4.88. The average Bonchev–Trinajstić information content (AvgIpc) is 3.19. The summed E-state index contributed by atoms with van der Waals surface area (Å²) in [7, 11) is 0. The van der Waals surface area contributed by atoms with E-state index in [-0.39, 0.29) is 35.7 Å². The molecule has 4 heterocycles. The Hall–Kier alpha value is -2.29. The first-order chi connectivity index (χ1) is 14.4. The van der Waals surface area contributed by atoms with Crippen molar-refractivity contribution in [3.05, 3.63) is 34.9 Å². The third-order valence-electron chi connectivity index (χ3n) is 7.03. The van der Waals surface area contributed by atoms with Gasteiger partial charge in [0, 0.05) is 49.8 Å². The summed E-state index contributed by atoms with van der Waals surface area (Å²) in [4.78, 5) is 40.6. The van der Waals surface area contributed by atoms with Gasteiger partial charge in [0.05, 0.1) is 6.61 Å². The number of rotatable bonds is 3. The maximum Gasteiger partial charge on any atom is 0.255 e. The molecule has 1 aromatic carbocycles. The number of nitrogens with one attached hydrogen (secondary N) is 1. The first kappa shape index (κ1) is 19.7. The lowest BCUT2D eigenvalue weighted by atomic mass is 9.88. The number of likely N-dealkylation sites (tertiary alicyclic amines) is 1. The number of ether oxygens (including phenoxy) is 1. The van der Waals surface area contributed by atoms with Gasteiger partial charge in [0.15, 0.2) is 0 Å². The van der Waals surface area contributed by atoms with Crippen LogP contribution in [-0.2, 0) is 27.4 Å². The molecule has 1 aromatic rings. The van der Waals surface area contributed by atoms with Crippen LogP contribution in [0.2, 0.25) is 0 Å². The van der Waals surface area contributed by atoms with Crippen molar-refractivity contribution >= 4 is 17.7 Å². The first-order valence-corrected chi connectivity index (χ1v) is 10.8. The topological polar surface area (TPSA) is 105 Å². The van der Waals surface area contributed by atoms with Crippen LogP contribution in [0.5, 0.6) is 0 Å². The monoisotopic (exact) mass is 412 g/mol. The lowest BCUT2D eigenvalue weighted by molar-refractivity contribution is -0.136. The molecule has 0 aliphatic carbocycles. The maximum absolute atomic E-state index is 12.9. The summed E-state index contributed by atoms with van der Waals surface area (Å²) in [6, 6.07) is 5.54. The van der Waals surface area contributed by atoms with Gasteiger partial charge in [0.25, 0.3) is 5.91 Å². The quantitative estimate of drug-likeness (QED) is 0.702. The standard InChI is InChI=1S/C22H28N4O4/c23-16-9-22(6-1-7-30-13-22)25(12-16)10-14-2-3-17-15(8-14)11-26(21(17)29)18-4-5-19(27)24-20(18)28/h2-3,8,16,18H,1,4-7,9-13,23H2,(H,24,27,28). The minimum absolute atomic E-state index is 0.0191. The second-order valence-electron chi connectivity index (χ2n) is 9.12. The maximum atomic E-state index is 12.9. The van der Waals surface area contributed by atoms with Crippen molar-refractivity contribution in [3.63, 3.8) is 0 Å². The van der Waals surface area contributed by atoms with Crippen molar-refractivity contribution in [3.8, 4) is 0 Å². The molecule has 8 nitrogen and oxygen atoms in total. The predicted molar refractivity (Wildman–Crippen MR) is 108 cm³/mol. The zero-order valence-corrected chi connectivity index (χ0v) is 17.1. The van der Waals surface area contributed by atoms with Gasteiger partial charge in [-0.25, -0.2) is 0 Å². The summed E-state index contributed by atoms with van der Waals surface area (Å²) in [5.74, 6) is -0.781. The van der Waals surface area contributed by atoms with Crippen molar-refractivity contribution in [1.82, 2.24) is 15.1 Å². The van der Waals surface area contributed by atoms with Crippen molar-refractivity contribution in [2.24, 2.45) is 5.73 Å². The van der Waals surface area contributed by atoms with Gasteiger partial charge in [-0.3, -0.25) is 24.6 Å². The van der Waals surface area contributed by atoms with E-state index in [1.54, 1.807) is 4.90 Å². The molecule has 1 spiro atoms. The first-order valence-electron chi connectivity index (χ1n) is 10.8. The molecule has 3 unspecified atom stereocenters. The Morgan fingerprint density at radius 1 is 1.27 bits per heavy atom. The van der Waals surface area contributed by atoms with Gasteiger partial charge >= 0.3 is 0 Å². The van der Waals surface area contributed by atoms with Gasteiger partial charge in [-0.05, 0) is 42.9 Å². The molecule has 3 atom stereocenters. The van der Waals surface area contributed by atoms with E-state index in [4.69, 9.17) is 10.5 Å². The minimum atomic E-state index is -0.578. The molecule has 4 aliphatic heterocycles. The van der Waals surface area contributed by atoms with E-state index in [0.29, 0.717) is 18.5 Å². The second kappa shape index (κ2) is 7.44. The highest BCUT2D eigenvalue weighted by molar-refractivity contribution is 6.05. The summed E-state index contributed by atoms with van der Waals surface area (Å²) in [5.41, 5.74) is 9.06. The van der Waals surface area contributed by atoms with Gasteiger partial charge < -0.3 is 15.4 Å². The van der Waals surface area contributed by atoms with Crippen LogP contribution in [0.1, 0.15) is 53.6 Å². The fraction of sp³-hybridized carbons (Fsp3) is 0.591. The number of carbonyl (C=O) groups is 3. The Balaban J connectivity index is 1.33. The molecule has 5 rings (SSSR count). The number of nitrogens with two attached hydrogens (primary N) is 1. The second-order valence-corrected chi connectivity index (χ2v) is 9.12. The molecule has 0 saturated carbocycles. The van der Waals surface area contributed by atoms with E-state index < -0.39 is 6.04 Å². The summed E-state index contributed by atoms with van der Waals surface area (Å²) >= 11 is 0. The van der Waals surface area contributed by atoms with Crippen LogP contribution < -0.4 is 11.1 Å². The van der Waals surface area contributed by atoms with Crippen LogP contribution in [0.15, 0.2) is 18.2 Å². The minimum Gasteiger partial charge on any atom is -0.380 e. The van der Waals surface area contributed by atoms with Gasteiger partial charge in [0.2, 0.25) is 11.8 Å². The van der Waals surface area contributed by atoms with Crippen LogP contribution in [0.3, 0.4) is 0 Å². The summed E-state index contributed by atoms with van der Waals surface area (Å²) in [6.07, 6.45) is 3.77. The molecule has 160 valence electrons. The summed E-state index contributed by atoms with van der Waals surface area (Å²) in [5, 5.41) is 2.35. The molecule has 30 heavy (non-hydrogen) atoms. The van der Waals surface area contributed by atoms with Gasteiger partial charge in [-0.2, -0.15) is 0 Å². The van der Waals surface area contributed by atoms with Gasteiger partial charge in [0.1, 0.15) is 6.04 Å². The van der Waals surface area contributed by atoms with E-state index in [0.717, 1.165) is 56.7 Å². The zero-order valence-electron chi connectivity index (χ0n) is 17.1. The van der Waals surface area contributed by atoms with E-state index in [1.165, 1.54) is 0 Å². The number of hydrogen-bond donors (Lipinski definition) is 2. The lowest BCUT2D eigenvalue weighted by Crippen LogP contribution is -2.52.